The number of allylic oxidation sites excluding steroid dienone is 2. The Morgan fingerprint density at radius 3 is 1.75 bits per heavy atom. The highest BCUT2D eigenvalue weighted by Crippen LogP contribution is 2.64. The number of benzene rings is 2. The minimum atomic E-state index is -8.71. The van der Waals surface area contributed by atoms with Crippen LogP contribution in [0.2, 0.25) is 0 Å². The second-order valence-electron chi connectivity index (χ2n) is 11.2. The van der Waals surface area contributed by atoms with Gasteiger partial charge in [0.05, 0.1) is 19.3 Å². The highest BCUT2D eigenvalue weighted by Gasteiger charge is 2.95. The van der Waals surface area contributed by atoms with Crippen LogP contribution in [0.4, 0.5) is 80.3 Å². The molecular weight excluding hydrogens is 797 g/mol. The molecule has 1 atom stereocenters. The molecular formula is C30H23ClF17NO2S. The van der Waals surface area contributed by atoms with Crippen molar-refractivity contribution in [3.63, 3.8) is 0 Å². The molecule has 3 nitrogen and oxygen atoms in total. The zero-order chi connectivity index (χ0) is 40.0. The van der Waals surface area contributed by atoms with Gasteiger partial charge in [-0.3, -0.25) is 4.79 Å². The summed E-state index contributed by atoms with van der Waals surface area (Å²) in [5.41, 5.74) is 0.603. The molecule has 1 heterocycles. The molecule has 0 fully saturated rings. The number of hydrogen-bond acceptors (Lipinski definition) is 3. The first-order valence-electron chi connectivity index (χ1n) is 14.2. The van der Waals surface area contributed by atoms with Gasteiger partial charge in [-0.25, -0.2) is 0 Å². The predicted octanol–water partition coefficient (Wildman–Crippen LogP) is 10.8. The molecule has 1 amide bonds. The summed E-state index contributed by atoms with van der Waals surface area (Å²) in [5.74, 6) is -59.5. The van der Waals surface area contributed by atoms with Crippen molar-refractivity contribution in [1.29, 1.82) is 0 Å². The van der Waals surface area contributed by atoms with Crippen LogP contribution in [-0.4, -0.2) is 72.3 Å². The lowest BCUT2D eigenvalue weighted by Crippen LogP contribution is -2.74. The van der Waals surface area contributed by atoms with Crippen LogP contribution in [0.1, 0.15) is 24.0 Å². The second kappa shape index (κ2) is 14.3. The Morgan fingerprint density at radius 2 is 1.25 bits per heavy atom. The van der Waals surface area contributed by atoms with Crippen LogP contribution in [0.15, 0.2) is 60.7 Å². The Morgan fingerprint density at radius 1 is 0.731 bits per heavy atom. The molecule has 1 aliphatic heterocycles. The van der Waals surface area contributed by atoms with E-state index in [4.69, 9.17) is 16.3 Å². The summed E-state index contributed by atoms with van der Waals surface area (Å²) in [5, 5.41) is 0. The van der Waals surface area contributed by atoms with E-state index in [-0.39, 0.29) is 41.2 Å². The van der Waals surface area contributed by atoms with Crippen LogP contribution in [0.25, 0.3) is 0 Å². The van der Waals surface area contributed by atoms with Crippen molar-refractivity contribution in [2.24, 2.45) is 0 Å². The lowest BCUT2D eigenvalue weighted by atomic mass is 9.88. The number of nitrogens with zero attached hydrogens (tertiary/aromatic N) is 1. The van der Waals surface area contributed by atoms with Crippen molar-refractivity contribution in [2.45, 2.75) is 71.8 Å². The molecule has 1 unspecified atom stereocenters. The number of alkyl halides is 18. The summed E-state index contributed by atoms with van der Waals surface area (Å²) in [6.45, 7) is -0.191. The highest BCUT2D eigenvalue weighted by molar-refractivity contribution is 8.01. The lowest BCUT2D eigenvalue weighted by molar-refractivity contribution is -0.461. The van der Waals surface area contributed by atoms with E-state index in [0.29, 0.717) is 5.56 Å². The van der Waals surface area contributed by atoms with E-state index in [9.17, 15) is 79.4 Å². The summed E-state index contributed by atoms with van der Waals surface area (Å²) in [4.78, 5) is 15.1. The van der Waals surface area contributed by atoms with Crippen molar-refractivity contribution >= 4 is 35.0 Å². The summed E-state index contributed by atoms with van der Waals surface area (Å²) in [7, 11) is 1.24. The maximum atomic E-state index is 14.8. The quantitative estimate of drug-likeness (QED) is 0.0960. The molecule has 22 heteroatoms. The Balaban J connectivity index is 2.02. The van der Waals surface area contributed by atoms with Crippen LogP contribution in [0.3, 0.4) is 0 Å². The van der Waals surface area contributed by atoms with Gasteiger partial charge in [0, 0.05) is 29.7 Å². The van der Waals surface area contributed by atoms with E-state index in [1.54, 1.807) is 30.3 Å². The number of amides is 1. The average molecular weight is 820 g/mol. The van der Waals surface area contributed by atoms with E-state index in [1.807, 2.05) is 0 Å². The van der Waals surface area contributed by atoms with Crippen molar-refractivity contribution in [1.82, 2.24) is 0 Å². The van der Waals surface area contributed by atoms with E-state index >= 15 is 0 Å². The Kier molecular flexibility index (Phi) is 11.9. The number of fused-ring (bicyclic) bond motifs is 1. The first-order chi connectivity index (χ1) is 23.6. The fourth-order valence-electron chi connectivity index (χ4n) is 4.98. The summed E-state index contributed by atoms with van der Waals surface area (Å²) in [6, 6.07) is 11.9. The molecule has 292 valence electrons. The number of anilines is 1. The van der Waals surface area contributed by atoms with Crippen molar-refractivity contribution < 1.29 is 84.2 Å². The predicted molar refractivity (Wildman–Crippen MR) is 155 cm³/mol. The van der Waals surface area contributed by atoms with Crippen molar-refractivity contribution in [3.05, 3.63) is 71.8 Å². The van der Waals surface area contributed by atoms with Gasteiger partial charge in [-0.05, 0) is 18.1 Å². The van der Waals surface area contributed by atoms with Crippen LogP contribution in [-0.2, 0) is 16.1 Å². The summed E-state index contributed by atoms with van der Waals surface area (Å²) in [6.07, 6.45) is -8.46. The second-order valence-corrected chi connectivity index (χ2v) is 12.9. The van der Waals surface area contributed by atoms with E-state index in [2.05, 4.69) is 0 Å². The number of carbonyl (C=O) groups excluding carboxylic acids is 1. The third-order valence-electron chi connectivity index (χ3n) is 7.92. The average Bonchev–Trinajstić information content (AvgIpc) is 3.26. The minimum Gasteiger partial charge on any atom is -0.497 e. The molecule has 0 aromatic heterocycles. The van der Waals surface area contributed by atoms with E-state index in [0.717, 1.165) is 4.90 Å². The maximum Gasteiger partial charge on any atom is 0.460 e. The highest BCUT2D eigenvalue weighted by atomic mass is 35.5. The Hall–Kier alpha value is -3.10. The number of ether oxygens (including phenoxy) is 1. The SMILES string of the molecule is COc1ccc2c(c1)N(Cc1ccccc1)C(=O)C2(C/C=C\CCl)SCCC(F)(F)C(F)(F)C(F)(F)C(F)(F)C(F)(F)C(F)(F)C(F)(F)C(F)(F)F. The largest absolute Gasteiger partial charge is 0.497 e. The molecule has 0 radical (unpaired) electrons. The molecule has 3 rings (SSSR count). The molecule has 52 heavy (non-hydrogen) atoms. The maximum absolute atomic E-state index is 14.8. The van der Waals surface area contributed by atoms with Gasteiger partial charge in [0.2, 0.25) is 5.91 Å². The van der Waals surface area contributed by atoms with E-state index in [1.165, 1.54) is 37.5 Å². The molecule has 0 bridgehead atoms. The first kappa shape index (κ1) is 43.3. The molecule has 0 aliphatic carbocycles. The molecule has 1 aliphatic rings. The summed E-state index contributed by atoms with van der Waals surface area (Å²) < 4.78 is 237. The van der Waals surface area contributed by atoms with Gasteiger partial charge >= 0.3 is 47.6 Å². The molecule has 0 saturated heterocycles. The van der Waals surface area contributed by atoms with Gasteiger partial charge < -0.3 is 9.64 Å². The zero-order valence-corrected chi connectivity index (χ0v) is 27.4. The molecule has 0 spiro atoms. The fourth-order valence-corrected chi connectivity index (χ4v) is 6.59. The number of methoxy groups -OCH3 is 1. The van der Waals surface area contributed by atoms with Crippen molar-refractivity contribution in [2.75, 3.05) is 23.6 Å². The lowest BCUT2D eigenvalue weighted by Gasteiger charge is -2.42. The van der Waals surface area contributed by atoms with Gasteiger partial charge in [0.25, 0.3) is 0 Å². The normalized spacial score (nSPS) is 18.4. The first-order valence-corrected chi connectivity index (χ1v) is 15.7. The number of hydrogen-bond donors (Lipinski definition) is 0. The van der Waals surface area contributed by atoms with Crippen LogP contribution < -0.4 is 9.64 Å². The van der Waals surface area contributed by atoms with Crippen LogP contribution >= 0.6 is 23.4 Å². The fraction of sp³-hybridized carbons (Fsp3) is 0.500. The summed E-state index contributed by atoms with van der Waals surface area (Å²) >= 11 is 5.70. The van der Waals surface area contributed by atoms with Gasteiger partial charge in [0.15, 0.2) is 0 Å². The smallest absolute Gasteiger partial charge is 0.460 e. The Labute approximate surface area is 292 Å². The number of thioether (sulfide) groups is 1. The minimum absolute atomic E-state index is 0.0119. The number of halogens is 18. The standard InChI is InChI=1S/C30H23ClF17NO2S/c1-51-18-9-10-19-20(15-18)49(16-17-7-3-2-4-8-17)21(50)22(19,11-5-6-13-31)52-14-12-23(32,33)24(34,35)25(36,37)26(38,39)27(40,41)28(42,43)29(44,45)30(46,47)48/h2-10,15H,11-14,16H2,1H3/b6-5-. The topological polar surface area (TPSA) is 29.5 Å². The van der Waals surface area contributed by atoms with E-state index < -0.39 is 76.9 Å². The zero-order valence-electron chi connectivity index (χ0n) is 25.8. The van der Waals surface area contributed by atoms with Crippen LogP contribution in [0.5, 0.6) is 5.75 Å². The monoisotopic (exact) mass is 819 g/mol. The Bertz CT molecular complexity index is 1620. The molecule has 2 aromatic carbocycles. The molecule has 2 aromatic rings. The van der Waals surface area contributed by atoms with Gasteiger partial charge in [-0.1, -0.05) is 48.6 Å². The van der Waals surface area contributed by atoms with Gasteiger partial charge in [-0.15, -0.1) is 23.4 Å². The third kappa shape index (κ3) is 6.76. The third-order valence-corrected chi connectivity index (χ3v) is 9.56. The van der Waals surface area contributed by atoms with Crippen LogP contribution in [0, 0.1) is 0 Å². The van der Waals surface area contributed by atoms with Gasteiger partial charge in [0.1, 0.15) is 10.5 Å². The van der Waals surface area contributed by atoms with Crippen molar-refractivity contribution in [3.8, 4) is 5.75 Å². The number of rotatable bonds is 16. The van der Waals surface area contributed by atoms with Gasteiger partial charge in [-0.2, -0.15) is 74.6 Å². The number of carbonyl (C=O) groups is 1. The molecule has 0 N–H and O–H groups in total. The molecule has 0 saturated carbocycles.